The summed E-state index contributed by atoms with van der Waals surface area (Å²) < 4.78 is 0. The number of hydrogen-bond acceptors (Lipinski definition) is 2. The Balaban J connectivity index is 3.72. The molecule has 0 atom stereocenters. The second kappa shape index (κ2) is 3.28. The molecule has 0 amide bonds. The topological polar surface area (TPSA) is 36.2 Å². The first-order valence-electron chi connectivity index (χ1n) is 1.95. The van der Waals surface area contributed by atoms with E-state index in [1.807, 2.05) is 0 Å². The van der Waals surface area contributed by atoms with Gasteiger partial charge in [-0.25, -0.2) is 0 Å². The van der Waals surface area contributed by atoms with Crippen molar-refractivity contribution in [2.45, 2.75) is 6.92 Å². The average molecular weight is 96.1 g/mol. The molecule has 0 bridgehead atoms. The van der Waals surface area contributed by atoms with Crippen LogP contribution in [0.15, 0.2) is 16.8 Å². The summed E-state index contributed by atoms with van der Waals surface area (Å²) in [6.45, 7) is 5.05. The van der Waals surface area contributed by atoms with Crippen LogP contribution in [0.5, 0.6) is 0 Å². The first kappa shape index (κ1) is 6.08. The lowest BCUT2D eigenvalue weighted by Gasteiger charge is -1.79. The largest absolute Gasteiger partial charge is 0.309 e. The Kier molecular flexibility index (Phi) is 2.85. The molecule has 38 valence electrons. The van der Waals surface area contributed by atoms with E-state index in [1.54, 1.807) is 13.0 Å². The first-order valence-corrected chi connectivity index (χ1v) is 1.95. The van der Waals surface area contributed by atoms with Crippen LogP contribution in [0.25, 0.3) is 0 Å². The lowest BCUT2D eigenvalue weighted by molar-refractivity contribution is 1.33. The van der Waals surface area contributed by atoms with Crippen molar-refractivity contribution in [1.29, 1.82) is 5.41 Å². The number of rotatable bonds is 2. The molecule has 0 fully saturated rings. The Bertz CT molecular complexity index is 103. The normalized spacial score (nSPS) is 10.7. The van der Waals surface area contributed by atoms with E-state index in [9.17, 15) is 0 Å². The van der Waals surface area contributed by atoms with Crippen LogP contribution in [0.1, 0.15) is 6.92 Å². The van der Waals surface area contributed by atoms with Gasteiger partial charge < -0.3 is 5.41 Å². The number of hydrogen-bond donors (Lipinski definition) is 1. The summed E-state index contributed by atoms with van der Waals surface area (Å²) in [5, 5.41) is 6.55. The van der Waals surface area contributed by atoms with Crippen molar-refractivity contribution in [1.82, 2.24) is 0 Å². The molecule has 2 nitrogen and oxygen atoms in total. The molecule has 0 heterocycles. The van der Waals surface area contributed by atoms with Crippen molar-refractivity contribution < 1.29 is 0 Å². The summed E-state index contributed by atoms with van der Waals surface area (Å²) in [7, 11) is 0. The van der Waals surface area contributed by atoms with Crippen molar-refractivity contribution in [3.8, 4) is 0 Å². The molecule has 1 N–H and O–H groups in total. The Morgan fingerprint density at radius 1 is 1.86 bits per heavy atom. The highest BCUT2D eigenvalue weighted by Gasteiger charge is 1.70. The summed E-state index contributed by atoms with van der Waals surface area (Å²) in [4.78, 5) is 3.54. The third-order valence-corrected chi connectivity index (χ3v) is 0.574. The molecule has 0 spiro atoms. The maximum atomic E-state index is 6.55. The van der Waals surface area contributed by atoms with Gasteiger partial charge in [-0.15, -0.1) is 0 Å². The van der Waals surface area contributed by atoms with Gasteiger partial charge in [-0.3, -0.25) is 4.99 Å². The minimum atomic E-state index is 0.773. The Hall–Kier alpha value is -0.920. The SMILES string of the molecule is C=N/C(C)=C\C=N. The lowest BCUT2D eigenvalue weighted by Crippen LogP contribution is -1.65. The molecule has 0 rings (SSSR count). The predicted octanol–water partition coefficient (Wildman–Crippen LogP) is 1.24. The molecule has 0 aromatic heterocycles. The third kappa shape index (κ3) is 2.89. The quantitative estimate of drug-likeness (QED) is 0.502. The van der Waals surface area contributed by atoms with Gasteiger partial charge in [0.05, 0.1) is 0 Å². The fourth-order valence-electron chi connectivity index (χ4n) is 0.173. The molecular weight excluding hydrogens is 88.1 g/mol. The highest BCUT2D eigenvalue weighted by atomic mass is 14.7. The van der Waals surface area contributed by atoms with E-state index in [4.69, 9.17) is 5.41 Å². The molecule has 7 heavy (non-hydrogen) atoms. The van der Waals surface area contributed by atoms with E-state index >= 15 is 0 Å². The monoisotopic (exact) mass is 96.1 g/mol. The van der Waals surface area contributed by atoms with Gasteiger partial charge in [-0.2, -0.15) is 0 Å². The number of allylic oxidation sites excluding steroid dienone is 2. The molecule has 0 saturated carbocycles. The maximum absolute atomic E-state index is 6.55. The summed E-state index contributed by atoms with van der Waals surface area (Å²) in [6, 6.07) is 0. The Morgan fingerprint density at radius 3 is 2.57 bits per heavy atom. The van der Waals surface area contributed by atoms with Gasteiger partial charge >= 0.3 is 0 Å². The van der Waals surface area contributed by atoms with Crippen LogP contribution in [-0.2, 0) is 0 Å². The lowest BCUT2D eigenvalue weighted by atomic mass is 10.5. The predicted molar refractivity (Wildman–Crippen MR) is 32.1 cm³/mol. The van der Waals surface area contributed by atoms with Gasteiger partial charge in [0.1, 0.15) is 0 Å². The molecule has 0 aliphatic carbocycles. The standard InChI is InChI=1S/C5H8N2/c1-5(7-2)3-4-6/h3-4,6H,2H2,1H3/b5-3-,6-4?. The third-order valence-electron chi connectivity index (χ3n) is 0.574. The molecule has 0 aliphatic rings. The van der Waals surface area contributed by atoms with Crippen LogP contribution in [-0.4, -0.2) is 12.9 Å². The van der Waals surface area contributed by atoms with Crippen LogP contribution < -0.4 is 0 Å². The summed E-state index contributed by atoms with van der Waals surface area (Å²) >= 11 is 0. The van der Waals surface area contributed by atoms with Gasteiger partial charge in [0.25, 0.3) is 0 Å². The molecule has 0 aliphatic heterocycles. The van der Waals surface area contributed by atoms with Crippen LogP contribution >= 0.6 is 0 Å². The zero-order valence-corrected chi connectivity index (χ0v) is 4.31. The smallest absolute Gasteiger partial charge is 0.0380 e. The highest BCUT2D eigenvalue weighted by Crippen LogP contribution is 1.86. The first-order chi connectivity index (χ1) is 3.31. The molecule has 0 radical (unpaired) electrons. The zero-order valence-electron chi connectivity index (χ0n) is 4.31. The number of nitrogens with zero attached hydrogens (tertiary/aromatic N) is 1. The van der Waals surface area contributed by atoms with Crippen molar-refractivity contribution in [2.75, 3.05) is 0 Å². The van der Waals surface area contributed by atoms with Gasteiger partial charge in [-0.05, 0) is 19.7 Å². The second-order valence-corrected chi connectivity index (χ2v) is 1.13. The van der Waals surface area contributed by atoms with E-state index in [1.165, 1.54) is 6.21 Å². The maximum Gasteiger partial charge on any atom is 0.0380 e. The minimum absolute atomic E-state index is 0.773. The molecule has 2 heteroatoms. The van der Waals surface area contributed by atoms with Crippen molar-refractivity contribution in [2.24, 2.45) is 4.99 Å². The average Bonchev–Trinajstić information content (AvgIpc) is 1.68. The van der Waals surface area contributed by atoms with Gasteiger partial charge in [0.2, 0.25) is 0 Å². The zero-order chi connectivity index (χ0) is 5.70. The van der Waals surface area contributed by atoms with Crippen LogP contribution in [0, 0.1) is 5.41 Å². The molecular formula is C5H8N2. The van der Waals surface area contributed by atoms with Crippen LogP contribution in [0.2, 0.25) is 0 Å². The van der Waals surface area contributed by atoms with E-state index in [0.717, 1.165) is 5.70 Å². The van der Waals surface area contributed by atoms with Gasteiger partial charge in [-0.1, -0.05) is 0 Å². The molecule has 0 saturated heterocycles. The number of nitrogens with one attached hydrogen (secondary N) is 1. The van der Waals surface area contributed by atoms with Gasteiger partial charge in [0.15, 0.2) is 0 Å². The summed E-state index contributed by atoms with van der Waals surface area (Å²) in [5.41, 5.74) is 0.773. The van der Waals surface area contributed by atoms with Crippen LogP contribution in [0.4, 0.5) is 0 Å². The molecule has 0 aromatic rings. The summed E-state index contributed by atoms with van der Waals surface area (Å²) in [6.07, 6.45) is 2.76. The Morgan fingerprint density at radius 2 is 2.43 bits per heavy atom. The van der Waals surface area contributed by atoms with E-state index in [-0.39, 0.29) is 0 Å². The van der Waals surface area contributed by atoms with E-state index < -0.39 is 0 Å². The fourth-order valence-corrected chi connectivity index (χ4v) is 0.173. The van der Waals surface area contributed by atoms with Crippen molar-refractivity contribution >= 4 is 12.9 Å². The minimum Gasteiger partial charge on any atom is -0.309 e. The van der Waals surface area contributed by atoms with E-state index in [2.05, 4.69) is 11.7 Å². The second-order valence-electron chi connectivity index (χ2n) is 1.13. The van der Waals surface area contributed by atoms with E-state index in [0.29, 0.717) is 0 Å². The highest BCUT2D eigenvalue weighted by molar-refractivity contribution is 5.68. The Labute approximate surface area is 43.1 Å². The van der Waals surface area contributed by atoms with Crippen molar-refractivity contribution in [3.63, 3.8) is 0 Å². The molecule has 0 unspecified atom stereocenters. The summed E-state index contributed by atoms with van der Waals surface area (Å²) in [5.74, 6) is 0. The molecule has 0 aromatic carbocycles. The number of aliphatic imine (C=N–C) groups is 1. The van der Waals surface area contributed by atoms with Crippen LogP contribution in [0.3, 0.4) is 0 Å². The van der Waals surface area contributed by atoms with Crippen molar-refractivity contribution in [3.05, 3.63) is 11.8 Å². The fraction of sp³-hybridized carbons (Fsp3) is 0.200. The van der Waals surface area contributed by atoms with Gasteiger partial charge in [0, 0.05) is 11.9 Å².